The number of hydrogen-bond acceptors (Lipinski definition) is 4. The molecule has 1 aromatic carbocycles. The molecule has 0 fully saturated rings. The summed E-state index contributed by atoms with van der Waals surface area (Å²) in [5, 5.41) is 5.99. The molecule has 0 atom stereocenters. The fourth-order valence-electron chi connectivity index (χ4n) is 1.64. The minimum atomic E-state index is -0.469. The van der Waals surface area contributed by atoms with Gasteiger partial charge in [0, 0.05) is 12.2 Å². The Morgan fingerprint density at radius 3 is 2.89 bits per heavy atom. The Balaban J connectivity index is 2.19. The topological polar surface area (TPSA) is 49.8 Å². The van der Waals surface area contributed by atoms with Crippen LogP contribution in [0, 0.1) is 12.7 Å². The summed E-state index contributed by atoms with van der Waals surface area (Å²) in [5.41, 5.74) is 1.91. The van der Waals surface area contributed by atoms with Crippen molar-refractivity contribution in [2.24, 2.45) is 0 Å². The first-order valence-corrected chi connectivity index (χ1v) is 6.29. The molecule has 0 aliphatic heterocycles. The number of aryl methyl sites for hydroxylation is 1. The molecule has 0 spiro atoms. The average molecular weight is 260 g/mol. The van der Waals surface area contributed by atoms with Crippen molar-refractivity contribution in [2.45, 2.75) is 20.3 Å². The smallest absolute Gasteiger partial charge is 0.224 e. The van der Waals surface area contributed by atoms with E-state index in [4.69, 9.17) is 0 Å². The van der Waals surface area contributed by atoms with Crippen LogP contribution in [-0.2, 0) is 0 Å². The van der Waals surface area contributed by atoms with Gasteiger partial charge in [-0.05, 0) is 31.0 Å². The van der Waals surface area contributed by atoms with Crippen molar-refractivity contribution < 1.29 is 4.39 Å². The van der Waals surface area contributed by atoms with Gasteiger partial charge in [0.15, 0.2) is 11.6 Å². The molecular weight excluding hydrogens is 243 g/mol. The van der Waals surface area contributed by atoms with E-state index >= 15 is 0 Å². The maximum Gasteiger partial charge on any atom is 0.224 e. The zero-order chi connectivity index (χ0) is 13.7. The van der Waals surface area contributed by atoms with E-state index in [0.29, 0.717) is 5.95 Å². The number of rotatable bonds is 5. The van der Waals surface area contributed by atoms with Gasteiger partial charge in [0.2, 0.25) is 5.95 Å². The number of halogens is 1. The fourth-order valence-corrected chi connectivity index (χ4v) is 1.64. The lowest BCUT2D eigenvalue weighted by Gasteiger charge is -2.09. The minimum Gasteiger partial charge on any atom is -0.354 e. The van der Waals surface area contributed by atoms with Gasteiger partial charge >= 0.3 is 0 Å². The standard InChI is InChI=1S/C14H17FN4/c1-3-7-16-14-17-9-12(15)13(19-14)18-11-6-4-5-10(2)8-11/h4-6,8-9H,3,7H2,1-2H3,(H2,16,17,18,19). The molecule has 1 aromatic heterocycles. The molecule has 0 amide bonds. The van der Waals surface area contributed by atoms with Crippen LogP contribution in [0.25, 0.3) is 0 Å². The number of aromatic nitrogens is 2. The first-order valence-electron chi connectivity index (χ1n) is 6.29. The van der Waals surface area contributed by atoms with E-state index in [0.717, 1.165) is 24.2 Å². The van der Waals surface area contributed by atoms with Gasteiger partial charge in [-0.3, -0.25) is 0 Å². The summed E-state index contributed by atoms with van der Waals surface area (Å²) in [7, 11) is 0. The molecular formula is C14H17FN4. The van der Waals surface area contributed by atoms with Crippen LogP contribution in [0.4, 0.5) is 21.8 Å². The summed E-state index contributed by atoms with van der Waals surface area (Å²) in [6, 6.07) is 7.69. The highest BCUT2D eigenvalue weighted by Crippen LogP contribution is 2.19. The van der Waals surface area contributed by atoms with Gasteiger partial charge in [-0.1, -0.05) is 19.1 Å². The number of benzene rings is 1. The maximum atomic E-state index is 13.7. The lowest BCUT2D eigenvalue weighted by atomic mass is 10.2. The van der Waals surface area contributed by atoms with E-state index in [1.807, 2.05) is 38.1 Å². The molecule has 100 valence electrons. The van der Waals surface area contributed by atoms with Crippen molar-refractivity contribution in [3.63, 3.8) is 0 Å². The molecule has 2 aromatic rings. The second-order valence-electron chi connectivity index (χ2n) is 4.31. The molecule has 0 aliphatic rings. The van der Waals surface area contributed by atoms with Crippen molar-refractivity contribution in [1.29, 1.82) is 0 Å². The summed E-state index contributed by atoms with van der Waals surface area (Å²) in [5.74, 6) is 0.140. The van der Waals surface area contributed by atoms with E-state index in [-0.39, 0.29) is 5.82 Å². The average Bonchev–Trinajstić information content (AvgIpc) is 2.40. The summed E-state index contributed by atoms with van der Waals surface area (Å²) in [6.07, 6.45) is 2.13. The third kappa shape index (κ3) is 3.64. The molecule has 0 saturated carbocycles. The van der Waals surface area contributed by atoms with Gasteiger partial charge in [-0.2, -0.15) is 4.98 Å². The second-order valence-corrected chi connectivity index (χ2v) is 4.31. The number of nitrogens with one attached hydrogen (secondary N) is 2. The SMILES string of the molecule is CCCNc1ncc(F)c(Nc2cccc(C)c2)n1. The van der Waals surface area contributed by atoms with E-state index in [2.05, 4.69) is 20.6 Å². The second kappa shape index (κ2) is 6.13. The Labute approximate surface area is 112 Å². The van der Waals surface area contributed by atoms with Crippen molar-refractivity contribution in [3.8, 4) is 0 Å². The van der Waals surface area contributed by atoms with Crippen LogP contribution in [0.3, 0.4) is 0 Å². The molecule has 0 aliphatic carbocycles. The number of hydrogen-bond donors (Lipinski definition) is 2. The van der Waals surface area contributed by atoms with Crippen LogP contribution >= 0.6 is 0 Å². The molecule has 19 heavy (non-hydrogen) atoms. The lowest BCUT2D eigenvalue weighted by Crippen LogP contribution is -2.07. The fraction of sp³-hybridized carbons (Fsp3) is 0.286. The summed E-state index contributed by atoms with van der Waals surface area (Å²) < 4.78 is 13.7. The quantitative estimate of drug-likeness (QED) is 0.864. The van der Waals surface area contributed by atoms with E-state index in [9.17, 15) is 4.39 Å². The van der Waals surface area contributed by atoms with Gasteiger partial charge in [-0.15, -0.1) is 0 Å². The minimum absolute atomic E-state index is 0.180. The molecule has 0 saturated heterocycles. The molecule has 4 nitrogen and oxygen atoms in total. The Hall–Kier alpha value is -2.17. The first-order chi connectivity index (χ1) is 9.19. The van der Waals surface area contributed by atoms with Gasteiger partial charge < -0.3 is 10.6 Å². The predicted octanol–water partition coefficient (Wildman–Crippen LogP) is 3.49. The zero-order valence-electron chi connectivity index (χ0n) is 11.1. The third-order valence-electron chi connectivity index (χ3n) is 2.56. The van der Waals surface area contributed by atoms with Crippen LogP contribution in [-0.4, -0.2) is 16.5 Å². The highest BCUT2D eigenvalue weighted by molar-refractivity contribution is 5.58. The molecule has 1 heterocycles. The van der Waals surface area contributed by atoms with Crippen molar-refractivity contribution >= 4 is 17.5 Å². The molecule has 5 heteroatoms. The molecule has 2 N–H and O–H groups in total. The lowest BCUT2D eigenvalue weighted by molar-refractivity contribution is 0.619. The normalized spacial score (nSPS) is 10.3. The van der Waals surface area contributed by atoms with Crippen LogP contribution in [0.15, 0.2) is 30.5 Å². The summed E-state index contributed by atoms with van der Waals surface area (Å²) >= 11 is 0. The number of nitrogens with zero attached hydrogens (tertiary/aromatic N) is 2. The van der Waals surface area contributed by atoms with Crippen LogP contribution in [0.5, 0.6) is 0 Å². The van der Waals surface area contributed by atoms with Crippen LogP contribution in [0.1, 0.15) is 18.9 Å². The highest BCUT2D eigenvalue weighted by atomic mass is 19.1. The van der Waals surface area contributed by atoms with E-state index < -0.39 is 5.82 Å². The third-order valence-corrected chi connectivity index (χ3v) is 2.56. The molecule has 0 radical (unpaired) electrons. The predicted molar refractivity (Wildman–Crippen MR) is 75.2 cm³/mol. The van der Waals surface area contributed by atoms with Crippen LogP contribution in [0.2, 0.25) is 0 Å². The largest absolute Gasteiger partial charge is 0.354 e. The van der Waals surface area contributed by atoms with Gasteiger partial charge in [0.1, 0.15) is 0 Å². The Bertz CT molecular complexity index is 557. The van der Waals surface area contributed by atoms with Gasteiger partial charge in [-0.25, -0.2) is 9.37 Å². The van der Waals surface area contributed by atoms with Crippen molar-refractivity contribution in [3.05, 3.63) is 41.8 Å². The van der Waals surface area contributed by atoms with Crippen molar-refractivity contribution in [2.75, 3.05) is 17.2 Å². The van der Waals surface area contributed by atoms with Gasteiger partial charge in [0.25, 0.3) is 0 Å². The number of anilines is 3. The summed E-state index contributed by atoms with van der Waals surface area (Å²) in [6.45, 7) is 4.79. The van der Waals surface area contributed by atoms with Gasteiger partial charge in [0.05, 0.1) is 6.20 Å². The molecule has 2 rings (SSSR count). The molecule has 0 bridgehead atoms. The van der Waals surface area contributed by atoms with Crippen molar-refractivity contribution in [1.82, 2.24) is 9.97 Å². The van der Waals surface area contributed by atoms with Crippen LogP contribution < -0.4 is 10.6 Å². The monoisotopic (exact) mass is 260 g/mol. The Kier molecular flexibility index (Phi) is 4.28. The summed E-state index contributed by atoms with van der Waals surface area (Å²) in [4.78, 5) is 8.02. The first kappa shape index (κ1) is 13.3. The van der Waals surface area contributed by atoms with E-state index in [1.165, 1.54) is 6.20 Å². The zero-order valence-corrected chi connectivity index (χ0v) is 11.1. The van der Waals surface area contributed by atoms with E-state index in [1.54, 1.807) is 0 Å². The Morgan fingerprint density at radius 1 is 1.32 bits per heavy atom. The Morgan fingerprint density at radius 2 is 2.16 bits per heavy atom. The maximum absolute atomic E-state index is 13.7. The highest BCUT2D eigenvalue weighted by Gasteiger charge is 2.07. The molecule has 0 unspecified atom stereocenters.